The van der Waals surface area contributed by atoms with E-state index in [1.807, 2.05) is 18.2 Å². The van der Waals surface area contributed by atoms with Crippen molar-refractivity contribution in [1.29, 1.82) is 0 Å². The summed E-state index contributed by atoms with van der Waals surface area (Å²) in [5.74, 6) is 0.774. The number of nitrogens with zero attached hydrogens (tertiary/aromatic N) is 1. The molecule has 102 valence electrons. The third kappa shape index (κ3) is 2.38. The van der Waals surface area contributed by atoms with Crippen LogP contribution in [0.4, 0.5) is 0 Å². The Kier molecular flexibility index (Phi) is 3.64. The van der Waals surface area contributed by atoms with Crippen molar-refractivity contribution in [2.24, 2.45) is 0 Å². The molecule has 0 bridgehead atoms. The van der Waals surface area contributed by atoms with E-state index in [1.54, 1.807) is 12.4 Å². The summed E-state index contributed by atoms with van der Waals surface area (Å²) in [7, 11) is 0. The van der Waals surface area contributed by atoms with Gasteiger partial charge in [0, 0.05) is 23.5 Å². The van der Waals surface area contributed by atoms with Crippen LogP contribution in [0, 0.1) is 0 Å². The van der Waals surface area contributed by atoms with Crippen LogP contribution in [-0.4, -0.2) is 10.8 Å². The van der Waals surface area contributed by atoms with Gasteiger partial charge in [0.15, 0.2) is 5.78 Å². The fourth-order valence-electron chi connectivity index (χ4n) is 2.76. The van der Waals surface area contributed by atoms with Crippen molar-refractivity contribution in [2.75, 3.05) is 0 Å². The summed E-state index contributed by atoms with van der Waals surface area (Å²) in [6.45, 7) is 2.05. The Balaban J connectivity index is 1.93. The maximum Gasteiger partial charge on any atom is 0.193 e. The van der Waals surface area contributed by atoms with Gasteiger partial charge in [0.2, 0.25) is 0 Å². The fraction of sp³-hybridized carbons (Fsp3) is 0.333. The minimum absolute atomic E-state index is 0.116. The summed E-state index contributed by atoms with van der Waals surface area (Å²) in [6.07, 6.45) is 8.15. The Bertz CT molecular complexity index is 629. The number of ketones is 1. The monoisotopic (exact) mass is 265 g/mol. The number of pyridine rings is 1. The van der Waals surface area contributed by atoms with E-state index in [0.29, 0.717) is 5.92 Å². The van der Waals surface area contributed by atoms with Crippen LogP contribution in [0.25, 0.3) is 0 Å². The highest BCUT2D eigenvalue weighted by molar-refractivity contribution is 6.09. The molecule has 2 aromatic rings. The predicted molar refractivity (Wildman–Crippen MR) is 80.1 cm³/mol. The molecule has 0 amide bonds. The molecular weight excluding hydrogens is 246 g/mol. The number of aromatic nitrogens is 1. The van der Waals surface area contributed by atoms with Crippen LogP contribution in [0.5, 0.6) is 0 Å². The van der Waals surface area contributed by atoms with E-state index in [1.165, 1.54) is 24.8 Å². The van der Waals surface area contributed by atoms with Gasteiger partial charge in [-0.2, -0.15) is 0 Å². The predicted octanol–water partition coefficient (Wildman–Crippen LogP) is 4.14. The second-order valence-corrected chi connectivity index (χ2v) is 5.47. The zero-order valence-corrected chi connectivity index (χ0v) is 11.8. The molecule has 0 unspecified atom stereocenters. The third-order valence-electron chi connectivity index (χ3n) is 4.25. The Labute approximate surface area is 119 Å². The normalized spacial score (nSPS) is 14.8. The van der Waals surface area contributed by atoms with Crippen molar-refractivity contribution in [3.63, 3.8) is 0 Å². The topological polar surface area (TPSA) is 30.0 Å². The summed E-state index contributed by atoms with van der Waals surface area (Å²) in [6, 6.07) is 9.98. The molecule has 1 aliphatic carbocycles. The molecular formula is C18H19NO. The van der Waals surface area contributed by atoms with E-state index >= 15 is 0 Å². The Hall–Kier alpha value is -1.96. The van der Waals surface area contributed by atoms with Gasteiger partial charge in [-0.05, 0) is 48.4 Å². The van der Waals surface area contributed by atoms with Gasteiger partial charge < -0.3 is 0 Å². The molecule has 1 saturated carbocycles. The molecule has 0 radical (unpaired) electrons. The number of aryl methyl sites for hydroxylation is 1. The van der Waals surface area contributed by atoms with Crippen molar-refractivity contribution in [3.8, 4) is 0 Å². The molecule has 3 rings (SSSR count). The van der Waals surface area contributed by atoms with Crippen molar-refractivity contribution in [3.05, 3.63) is 65.0 Å². The molecule has 0 atom stereocenters. The van der Waals surface area contributed by atoms with E-state index in [9.17, 15) is 4.79 Å². The first-order chi connectivity index (χ1) is 9.79. The molecule has 2 heteroatoms. The minimum atomic E-state index is 0.116. The number of rotatable bonds is 4. The highest BCUT2D eigenvalue weighted by atomic mass is 16.1. The Morgan fingerprint density at radius 2 is 2.15 bits per heavy atom. The molecule has 0 aliphatic heterocycles. The first-order valence-corrected chi connectivity index (χ1v) is 7.37. The van der Waals surface area contributed by atoms with E-state index in [-0.39, 0.29) is 5.78 Å². The molecule has 0 spiro atoms. The molecule has 0 saturated heterocycles. The van der Waals surface area contributed by atoms with Crippen LogP contribution in [-0.2, 0) is 6.42 Å². The Morgan fingerprint density at radius 1 is 1.30 bits per heavy atom. The van der Waals surface area contributed by atoms with Crippen LogP contribution in [0.1, 0.15) is 59.2 Å². The van der Waals surface area contributed by atoms with Gasteiger partial charge in [0.05, 0.1) is 0 Å². The van der Waals surface area contributed by atoms with Gasteiger partial charge in [-0.3, -0.25) is 9.78 Å². The van der Waals surface area contributed by atoms with Crippen LogP contribution >= 0.6 is 0 Å². The van der Waals surface area contributed by atoms with Crippen LogP contribution in [0.3, 0.4) is 0 Å². The highest BCUT2D eigenvalue weighted by Gasteiger charge is 2.21. The van der Waals surface area contributed by atoms with E-state index < -0.39 is 0 Å². The molecule has 2 nitrogen and oxygen atoms in total. The van der Waals surface area contributed by atoms with Gasteiger partial charge >= 0.3 is 0 Å². The molecule has 1 aromatic heterocycles. The van der Waals surface area contributed by atoms with Gasteiger partial charge in [0.1, 0.15) is 0 Å². The number of carbonyl (C=O) groups excluding carboxylic acids is 1. The van der Waals surface area contributed by atoms with Gasteiger partial charge in [0.25, 0.3) is 0 Å². The van der Waals surface area contributed by atoms with Gasteiger partial charge in [-0.15, -0.1) is 0 Å². The van der Waals surface area contributed by atoms with Gasteiger partial charge in [-0.1, -0.05) is 31.5 Å². The number of benzene rings is 1. The first-order valence-electron chi connectivity index (χ1n) is 7.37. The summed E-state index contributed by atoms with van der Waals surface area (Å²) in [5, 5.41) is 0. The summed E-state index contributed by atoms with van der Waals surface area (Å²) >= 11 is 0. The molecule has 1 aromatic carbocycles. The minimum Gasteiger partial charge on any atom is -0.289 e. The van der Waals surface area contributed by atoms with E-state index in [4.69, 9.17) is 0 Å². The lowest BCUT2D eigenvalue weighted by atomic mass is 9.79. The average molecular weight is 265 g/mol. The smallest absolute Gasteiger partial charge is 0.193 e. The molecule has 20 heavy (non-hydrogen) atoms. The largest absolute Gasteiger partial charge is 0.289 e. The zero-order valence-electron chi connectivity index (χ0n) is 11.8. The summed E-state index contributed by atoms with van der Waals surface area (Å²) in [4.78, 5) is 16.8. The van der Waals surface area contributed by atoms with Crippen molar-refractivity contribution in [2.45, 2.75) is 38.5 Å². The molecule has 0 N–H and O–H groups in total. The van der Waals surface area contributed by atoms with Crippen LogP contribution in [0.15, 0.2) is 42.7 Å². The number of hydrogen-bond acceptors (Lipinski definition) is 2. The average Bonchev–Trinajstić information content (AvgIpc) is 2.45. The summed E-state index contributed by atoms with van der Waals surface area (Å²) in [5.41, 5.74) is 3.92. The molecule has 1 fully saturated rings. The van der Waals surface area contributed by atoms with Gasteiger partial charge in [-0.25, -0.2) is 0 Å². The fourth-order valence-corrected chi connectivity index (χ4v) is 2.76. The third-order valence-corrected chi connectivity index (χ3v) is 4.25. The van der Waals surface area contributed by atoms with Crippen molar-refractivity contribution < 1.29 is 4.79 Å². The second kappa shape index (κ2) is 5.58. The lowest BCUT2D eigenvalue weighted by molar-refractivity contribution is 0.103. The Morgan fingerprint density at radius 3 is 2.85 bits per heavy atom. The van der Waals surface area contributed by atoms with Crippen molar-refractivity contribution in [1.82, 2.24) is 4.98 Å². The van der Waals surface area contributed by atoms with Crippen LogP contribution in [0.2, 0.25) is 0 Å². The maximum atomic E-state index is 12.7. The van der Waals surface area contributed by atoms with Crippen LogP contribution < -0.4 is 0 Å². The van der Waals surface area contributed by atoms with E-state index in [2.05, 4.69) is 24.0 Å². The standard InChI is InChI=1S/C18H19NO/c1-2-13-12-19-10-9-17(13)18(20)16-8-4-7-15(11-16)14-5-3-6-14/h4,7-12,14H,2-3,5-6H2,1H3. The molecule has 1 heterocycles. The summed E-state index contributed by atoms with van der Waals surface area (Å²) < 4.78 is 0. The lowest BCUT2D eigenvalue weighted by Gasteiger charge is -2.26. The van der Waals surface area contributed by atoms with E-state index in [0.717, 1.165) is 23.1 Å². The quantitative estimate of drug-likeness (QED) is 0.778. The first kappa shape index (κ1) is 13.0. The number of hydrogen-bond donors (Lipinski definition) is 0. The SMILES string of the molecule is CCc1cnccc1C(=O)c1cccc(C2CCC2)c1. The number of carbonyl (C=O) groups is 1. The lowest BCUT2D eigenvalue weighted by Crippen LogP contribution is -2.11. The maximum absolute atomic E-state index is 12.7. The zero-order chi connectivity index (χ0) is 13.9. The second-order valence-electron chi connectivity index (χ2n) is 5.47. The highest BCUT2D eigenvalue weighted by Crippen LogP contribution is 2.36. The van der Waals surface area contributed by atoms with Crippen molar-refractivity contribution >= 4 is 5.78 Å². The molecule has 1 aliphatic rings.